The minimum Gasteiger partial charge on any atom is -0.481 e. The number of rotatable bonds is 6. The summed E-state index contributed by atoms with van der Waals surface area (Å²) in [6.45, 7) is 0. The van der Waals surface area contributed by atoms with Crippen molar-refractivity contribution < 1.29 is 14.6 Å². The Hall–Kier alpha value is -1.08. The fourth-order valence-corrected chi connectivity index (χ4v) is 3.58. The first-order valence-electron chi connectivity index (χ1n) is 7.01. The Morgan fingerprint density at radius 3 is 2.80 bits per heavy atom. The molecule has 7 heteroatoms. The third-order valence-corrected chi connectivity index (χ3v) is 4.94. The molecule has 3 rings (SSSR count). The van der Waals surface area contributed by atoms with Crippen molar-refractivity contribution in [3.8, 4) is 0 Å². The predicted molar refractivity (Wildman–Crippen MR) is 74.0 cm³/mol. The van der Waals surface area contributed by atoms with E-state index in [-0.39, 0.29) is 5.75 Å². The first kappa shape index (κ1) is 13.9. The molecule has 6 nitrogen and oxygen atoms in total. The minimum absolute atomic E-state index is 0.0310. The van der Waals surface area contributed by atoms with E-state index in [0.717, 1.165) is 30.2 Å². The van der Waals surface area contributed by atoms with Crippen LogP contribution in [0.25, 0.3) is 0 Å². The summed E-state index contributed by atoms with van der Waals surface area (Å²) in [6, 6.07) is 0.349. The van der Waals surface area contributed by atoms with Crippen molar-refractivity contribution in [2.24, 2.45) is 0 Å². The van der Waals surface area contributed by atoms with Crippen LogP contribution in [0.3, 0.4) is 0 Å². The number of carbonyl (C=O) groups is 1. The van der Waals surface area contributed by atoms with Crippen LogP contribution in [-0.2, 0) is 9.53 Å². The quantitative estimate of drug-likeness (QED) is 0.810. The van der Waals surface area contributed by atoms with Gasteiger partial charge in [-0.2, -0.15) is 0 Å². The van der Waals surface area contributed by atoms with Gasteiger partial charge in [0.1, 0.15) is 5.82 Å². The predicted octanol–water partition coefficient (Wildman–Crippen LogP) is 2.07. The van der Waals surface area contributed by atoms with Gasteiger partial charge in [-0.15, -0.1) is 10.2 Å². The fraction of sp³-hybridized carbons (Fsp3) is 0.769. The van der Waals surface area contributed by atoms with Crippen molar-refractivity contribution >= 4 is 17.7 Å². The SMILES string of the molecule is COC1CCC(n2c(SCC(=O)O)nnc2C2CC2)C1. The van der Waals surface area contributed by atoms with Gasteiger partial charge < -0.3 is 14.4 Å². The topological polar surface area (TPSA) is 77.2 Å². The van der Waals surface area contributed by atoms with E-state index in [0.29, 0.717) is 18.1 Å². The van der Waals surface area contributed by atoms with E-state index in [2.05, 4.69) is 14.8 Å². The van der Waals surface area contributed by atoms with Gasteiger partial charge in [-0.05, 0) is 32.1 Å². The normalized spacial score (nSPS) is 26.1. The highest BCUT2D eigenvalue weighted by molar-refractivity contribution is 7.99. The van der Waals surface area contributed by atoms with Crippen LogP contribution < -0.4 is 0 Å². The molecule has 0 bridgehead atoms. The summed E-state index contributed by atoms with van der Waals surface area (Å²) in [5, 5.41) is 18.1. The van der Waals surface area contributed by atoms with Crippen LogP contribution in [0.15, 0.2) is 5.16 Å². The Balaban J connectivity index is 1.82. The largest absolute Gasteiger partial charge is 0.481 e. The van der Waals surface area contributed by atoms with Gasteiger partial charge >= 0.3 is 5.97 Å². The van der Waals surface area contributed by atoms with Crippen molar-refractivity contribution in [3.05, 3.63) is 5.82 Å². The Bertz CT molecular complexity index is 501. The number of aliphatic carboxylic acids is 1. The van der Waals surface area contributed by atoms with Crippen LogP contribution in [0.2, 0.25) is 0 Å². The van der Waals surface area contributed by atoms with Crippen LogP contribution in [0.5, 0.6) is 0 Å². The van der Waals surface area contributed by atoms with Gasteiger partial charge in [0, 0.05) is 19.1 Å². The summed E-state index contributed by atoms with van der Waals surface area (Å²) < 4.78 is 7.62. The maximum Gasteiger partial charge on any atom is 0.313 e. The molecule has 1 aromatic rings. The molecule has 1 heterocycles. The van der Waals surface area contributed by atoms with E-state index >= 15 is 0 Å². The van der Waals surface area contributed by atoms with Crippen LogP contribution in [0.4, 0.5) is 0 Å². The molecular formula is C13H19N3O3S. The molecule has 2 unspecified atom stereocenters. The zero-order valence-corrected chi connectivity index (χ0v) is 12.3. The van der Waals surface area contributed by atoms with Crippen molar-refractivity contribution in [2.75, 3.05) is 12.9 Å². The molecule has 1 aromatic heterocycles. The van der Waals surface area contributed by atoms with Gasteiger partial charge in [0.25, 0.3) is 0 Å². The lowest BCUT2D eigenvalue weighted by Crippen LogP contribution is -2.13. The van der Waals surface area contributed by atoms with E-state index in [9.17, 15) is 4.79 Å². The summed E-state index contributed by atoms with van der Waals surface area (Å²) >= 11 is 1.27. The lowest BCUT2D eigenvalue weighted by molar-refractivity contribution is -0.133. The highest BCUT2D eigenvalue weighted by Crippen LogP contribution is 2.43. The molecule has 0 radical (unpaired) electrons. The van der Waals surface area contributed by atoms with E-state index in [1.165, 1.54) is 24.6 Å². The number of hydrogen-bond acceptors (Lipinski definition) is 5. The lowest BCUT2D eigenvalue weighted by Gasteiger charge is -2.17. The molecule has 0 saturated heterocycles. The van der Waals surface area contributed by atoms with Crippen LogP contribution in [-0.4, -0.2) is 44.8 Å². The Labute approximate surface area is 121 Å². The summed E-state index contributed by atoms with van der Waals surface area (Å²) in [5.41, 5.74) is 0. The average molecular weight is 297 g/mol. The van der Waals surface area contributed by atoms with E-state index in [1.807, 2.05) is 0 Å². The van der Waals surface area contributed by atoms with E-state index in [4.69, 9.17) is 9.84 Å². The van der Waals surface area contributed by atoms with Crippen molar-refractivity contribution in [1.29, 1.82) is 0 Å². The Morgan fingerprint density at radius 1 is 1.40 bits per heavy atom. The van der Waals surface area contributed by atoms with Crippen LogP contribution in [0.1, 0.15) is 49.9 Å². The second-order valence-electron chi connectivity index (χ2n) is 5.49. The van der Waals surface area contributed by atoms with Crippen molar-refractivity contribution in [3.63, 3.8) is 0 Å². The van der Waals surface area contributed by atoms with E-state index in [1.54, 1.807) is 7.11 Å². The molecule has 20 heavy (non-hydrogen) atoms. The molecule has 2 aliphatic carbocycles. The number of thioether (sulfide) groups is 1. The fourth-order valence-electron chi connectivity index (χ4n) is 2.84. The number of methoxy groups -OCH3 is 1. The second kappa shape index (κ2) is 5.73. The summed E-state index contributed by atoms with van der Waals surface area (Å²) in [7, 11) is 1.75. The number of carboxylic acid groups (broad SMARTS) is 1. The molecule has 0 aliphatic heterocycles. The number of ether oxygens (including phenoxy) is 1. The van der Waals surface area contributed by atoms with Gasteiger partial charge in [0.2, 0.25) is 0 Å². The molecule has 2 aliphatic rings. The Morgan fingerprint density at radius 2 is 2.20 bits per heavy atom. The number of aromatic nitrogens is 3. The maximum atomic E-state index is 10.8. The maximum absolute atomic E-state index is 10.8. The number of carboxylic acids is 1. The molecule has 0 aromatic carbocycles. The molecular weight excluding hydrogens is 278 g/mol. The Kier molecular flexibility index (Phi) is 3.98. The van der Waals surface area contributed by atoms with Gasteiger partial charge in [-0.3, -0.25) is 4.79 Å². The second-order valence-corrected chi connectivity index (χ2v) is 6.43. The molecule has 1 N–H and O–H groups in total. The van der Waals surface area contributed by atoms with Crippen molar-refractivity contribution in [1.82, 2.24) is 14.8 Å². The molecule has 2 saturated carbocycles. The van der Waals surface area contributed by atoms with Crippen molar-refractivity contribution in [2.45, 2.75) is 55.3 Å². The minimum atomic E-state index is -0.821. The molecule has 110 valence electrons. The zero-order chi connectivity index (χ0) is 14.1. The lowest BCUT2D eigenvalue weighted by atomic mass is 10.2. The van der Waals surface area contributed by atoms with Gasteiger partial charge in [0.05, 0.1) is 11.9 Å². The standard InChI is InChI=1S/C13H19N3O3S/c1-19-10-5-4-9(6-10)16-12(8-2-3-8)14-15-13(16)20-7-11(17)18/h8-10H,2-7H2,1H3,(H,17,18). The summed E-state index contributed by atoms with van der Waals surface area (Å²) in [6.07, 6.45) is 5.70. The first-order valence-corrected chi connectivity index (χ1v) is 7.99. The van der Waals surface area contributed by atoms with Crippen LogP contribution >= 0.6 is 11.8 Å². The molecule has 2 atom stereocenters. The van der Waals surface area contributed by atoms with E-state index < -0.39 is 5.97 Å². The smallest absolute Gasteiger partial charge is 0.313 e. The monoisotopic (exact) mass is 297 g/mol. The third-order valence-electron chi connectivity index (χ3n) is 4.01. The number of nitrogens with zero attached hydrogens (tertiary/aromatic N) is 3. The first-order chi connectivity index (χ1) is 9.69. The third kappa shape index (κ3) is 2.83. The zero-order valence-electron chi connectivity index (χ0n) is 11.5. The van der Waals surface area contributed by atoms with Crippen LogP contribution in [0, 0.1) is 0 Å². The highest BCUT2D eigenvalue weighted by atomic mass is 32.2. The van der Waals surface area contributed by atoms with Gasteiger partial charge in [-0.25, -0.2) is 0 Å². The number of hydrogen-bond donors (Lipinski definition) is 1. The van der Waals surface area contributed by atoms with Gasteiger partial charge in [0.15, 0.2) is 5.16 Å². The molecule has 0 spiro atoms. The van der Waals surface area contributed by atoms with Gasteiger partial charge in [-0.1, -0.05) is 11.8 Å². The molecule has 2 fully saturated rings. The highest BCUT2D eigenvalue weighted by Gasteiger charge is 2.35. The summed E-state index contributed by atoms with van der Waals surface area (Å²) in [5.74, 6) is 0.769. The summed E-state index contributed by atoms with van der Waals surface area (Å²) in [4.78, 5) is 10.8. The molecule has 0 amide bonds. The average Bonchev–Trinajstić information content (AvgIpc) is 3.02.